The summed E-state index contributed by atoms with van der Waals surface area (Å²) in [5.74, 6) is 0.648. The van der Waals surface area contributed by atoms with E-state index in [2.05, 4.69) is 46.9 Å². The van der Waals surface area contributed by atoms with E-state index in [1.165, 1.54) is 0 Å². The minimum Gasteiger partial charge on any atom is -0.507 e. The van der Waals surface area contributed by atoms with E-state index in [4.69, 9.17) is 9.47 Å². The minimum atomic E-state index is -0.822. The van der Waals surface area contributed by atoms with E-state index in [0.717, 1.165) is 21.6 Å². The fraction of sp³-hybridized carbons (Fsp3) is 0.500. The van der Waals surface area contributed by atoms with Crippen LogP contribution in [0.1, 0.15) is 94.5 Å². The topological polar surface area (TPSA) is 88.1 Å². The maximum absolute atomic E-state index is 14.2. The van der Waals surface area contributed by atoms with Crippen LogP contribution in [0, 0.1) is 0 Å². The highest BCUT2D eigenvalue weighted by Crippen LogP contribution is 2.40. The van der Waals surface area contributed by atoms with Crippen LogP contribution in [0.5, 0.6) is 11.5 Å². The van der Waals surface area contributed by atoms with Crippen molar-refractivity contribution >= 4 is 23.2 Å². The summed E-state index contributed by atoms with van der Waals surface area (Å²) in [7, 11) is 1.60. The third kappa shape index (κ3) is 9.57. The first-order chi connectivity index (χ1) is 20.8. The van der Waals surface area contributed by atoms with Crippen molar-refractivity contribution in [1.82, 2.24) is 10.2 Å². The quantitative estimate of drug-likeness (QED) is 0.184. The van der Waals surface area contributed by atoms with Crippen LogP contribution in [0.2, 0.25) is 0 Å². The van der Waals surface area contributed by atoms with Gasteiger partial charge >= 0.3 is 0 Å². The lowest BCUT2D eigenvalue weighted by molar-refractivity contribution is -0.141. The average Bonchev–Trinajstić information content (AvgIpc) is 3.48. The number of carbonyl (C=O) groups excluding carboxylic acids is 2. The van der Waals surface area contributed by atoms with Crippen LogP contribution in [0.15, 0.2) is 53.9 Å². The van der Waals surface area contributed by atoms with Gasteiger partial charge in [-0.2, -0.15) is 0 Å². The zero-order chi connectivity index (χ0) is 32.5. The molecule has 0 aliphatic rings. The Morgan fingerprint density at radius 1 is 1.00 bits per heavy atom. The number of hydrogen-bond donors (Lipinski definition) is 2. The summed E-state index contributed by atoms with van der Waals surface area (Å²) in [6.45, 7) is 16.4. The Bertz CT molecular complexity index is 1320. The molecule has 3 aromatic rings. The zero-order valence-corrected chi connectivity index (χ0v) is 28.5. The van der Waals surface area contributed by atoms with Crippen LogP contribution in [0.4, 0.5) is 0 Å². The minimum absolute atomic E-state index is 0.119. The summed E-state index contributed by atoms with van der Waals surface area (Å²) in [6, 6.07) is 14.5. The van der Waals surface area contributed by atoms with E-state index in [1.54, 1.807) is 23.3 Å². The van der Waals surface area contributed by atoms with Gasteiger partial charge in [0.05, 0.1) is 13.7 Å². The molecule has 0 saturated carbocycles. The molecule has 2 amide bonds. The largest absolute Gasteiger partial charge is 0.507 e. The summed E-state index contributed by atoms with van der Waals surface area (Å²) >= 11 is 1.56. The predicted octanol–water partition coefficient (Wildman–Crippen LogP) is 7.30. The molecule has 0 spiro atoms. The Kier molecular flexibility index (Phi) is 12.4. The Morgan fingerprint density at radius 2 is 1.64 bits per heavy atom. The summed E-state index contributed by atoms with van der Waals surface area (Å²) in [5, 5.41) is 16.2. The second-order valence-electron chi connectivity index (χ2n) is 13.2. The first-order valence-corrected chi connectivity index (χ1v) is 16.3. The van der Waals surface area contributed by atoms with Gasteiger partial charge in [-0.15, -0.1) is 11.3 Å². The van der Waals surface area contributed by atoms with Gasteiger partial charge in [0, 0.05) is 31.1 Å². The number of benzene rings is 2. The number of thiophene rings is 1. The van der Waals surface area contributed by atoms with Crippen molar-refractivity contribution in [3.05, 3.63) is 81.0 Å². The number of amides is 2. The molecule has 0 fully saturated rings. The first-order valence-electron chi connectivity index (χ1n) is 15.4. The Hall–Kier alpha value is -3.36. The summed E-state index contributed by atoms with van der Waals surface area (Å²) in [4.78, 5) is 30.7. The molecular weight excluding hydrogens is 572 g/mol. The van der Waals surface area contributed by atoms with Crippen LogP contribution in [-0.2, 0) is 38.1 Å². The number of carbonyl (C=O) groups is 2. The van der Waals surface area contributed by atoms with Crippen LogP contribution >= 0.6 is 11.3 Å². The van der Waals surface area contributed by atoms with Gasteiger partial charge in [0.2, 0.25) is 11.8 Å². The van der Waals surface area contributed by atoms with Crippen molar-refractivity contribution in [3.63, 3.8) is 0 Å². The number of hydrogen-bond acceptors (Lipinski definition) is 6. The van der Waals surface area contributed by atoms with E-state index in [-0.39, 0.29) is 29.1 Å². The van der Waals surface area contributed by atoms with Crippen LogP contribution < -0.4 is 10.1 Å². The number of nitrogens with zero attached hydrogens (tertiary/aromatic N) is 1. The molecule has 2 N–H and O–H groups in total. The Balaban J connectivity index is 1.97. The fourth-order valence-corrected chi connectivity index (χ4v) is 5.86. The van der Waals surface area contributed by atoms with Gasteiger partial charge in [0.25, 0.3) is 0 Å². The number of ether oxygens (including phenoxy) is 2. The molecule has 8 heteroatoms. The highest BCUT2D eigenvalue weighted by Gasteiger charge is 2.32. The second kappa shape index (κ2) is 15.6. The van der Waals surface area contributed by atoms with Crippen LogP contribution in [0.3, 0.4) is 0 Å². The van der Waals surface area contributed by atoms with Gasteiger partial charge in [-0.3, -0.25) is 9.59 Å². The molecule has 0 bridgehead atoms. The molecule has 1 aromatic heterocycles. The number of phenols is 1. The van der Waals surface area contributed by atoms with E-state index < -0.39 is 6.04 Å². The highest BCUT2D eigenvalue weighted by atomic mass is 32.1. The number of phenolic OH excluding ortho intramolecular Hbond substituents is 1. The molecule has 0 aliphatic heterocycles. The van der Waals surface area contributed by atoms with Crippen molar-refractivity contribution in [2.75, 3.05) is 26.9 Å². The van der Waals surface area contributed by atoms with E-state index in [9.17, 15) is 14.7 Å². The van der Waals surface area contributed by atoms with Gasteiger partial charge in [0.15, 0.2) is 0 Å². The molecular formula is C36H50N2O5S. The first kappa shape index (κ1) is 35.1. The van der Waals surface area contributed by atoms with E-state index in [0.29, 0.717) is 56.2 Å². The lowest BCUT2D eigenvalue weighted by atomic mass is 9.78. The standard InChI is InChI=1S/C36H50N2O5S/c1-9-43-20-11-19-37-34(41)32(26-14-16-27(42-8)17-15-26)38(24-28-12-10-21-44-28)31(39)18-13-25-22-29(35(2,3)4)33(40)30(23-25)36(5,6)7/h10,12,14-17,21-23,32,40H,9,11,13,18-20,24H2,1-8H3,(H,37,41). The summed E-state index contributed by atoms with van der Waals surface area (Å²) in [5.41, 5.74) is 2.90. The SMILES string of the molecule is CCOCCCNC(=O)C(c1ccc(OC)cc1)N(Cc1cccs1)C(=O)CCc1cc(C(C)(C)C)c(O)c(C(C)(C)C)c1. The van der Waals surface area contributed by atoms with E-state index in [1.807, 2.05) is 60.8 Å². The molecule has 3 rings (SSSR count). The molecule has 0 saturated heterocycles. The van der Waals surface area contributed by atoms with Gasteiger partial charge in [0.1, 0.15) is 17.5 Å². The maximum Gasteiger partial charge on any atom is 0.247 e. The lowest BCUT2D eigenvalue weighted by Gasteiger charge is -2.32. The summed E-state index contributed by atoms with van der Waals surface area (Å²) in [6.07, 6.45) is 1.38. The Morgan fingerprint density at radius 3 is 2.16 bits per heavy atom. The van der Waals surface area contributed by atoms with Crippen molar-refractivity contribution in [3.8, 4) is 11.5 Å². The fourth-order valence-electron chi connectivity index (χ4n) is 5.16. The third-order valence-corrected chi connectivity index (χ3v) is 8.46. The molecule has 0 radical (unpaired) electrons. The monoisotopic (exact) mass is 622 g/mol. The second-order valence-corrected chi connectivity index (χ2v) is 14.2. The normalized spacial score (nSPS) is 12.5. The maximum atomic E-state index is 14.2. The van der Waals surface area contributed by atoms with Crippen molar-refractivity contribution in [2.24, 2.45) is 0 Å². The van der Waals surface area contributed by atoms with Crippen LogP contribution in [-0.4, -0.2) is 48.7 Å². The highest BCUT2D eigenvalue weighted by molar-refractivity contribution is 7.09. The molecule has 1 heterocycles. The molecule has 240 valence electrons. The molecule has 1 atom stereocenters. The van der Waals surface area contributed by atoms with E-state index >= 15 is 0 Å². The van der Waals surface area contributed by atoms with Crippen molar-refractivity contribution in [2.45, 2.75) is 91.1 Å². The zero-order valence-electron chi connectivity index (χ0n) is 27.7. The smallest absolute Gasteiger partial charge is 0.247 e. The Labute approximate surface area is 267 Å². The van der Waals surface area contributed by atoms with Gasteiger partial charge in [-0.1, -0.05) is 71.9 Å². The number of nitrogens with one attached hydrogen (secondary N) is 1. The van der Waals surface area contributed by atoms with Gasteiger partial charge in [-0.05, 0) is 76.4 Å². The van der Waals surface area contributed by atoms with Gasteiger partial charge in [-0.25, -0.2) is 0 Å². The summed E-state index contributed by atoms with van der Waals surface area (Å²) < 4.78 is 10.8. The molecule has 1 unspecified atom stereocenters. The number of methoxy groups -OCH3 is 1. The van der Waals surface area contributed by atoms with Crippen LogP contribution in [0.25, 0.3) is 0 Å². The lowest BCUT2D eigenvalue weighted by Crippen LogP contribution is -2.43. The van der Waals surface area contributed by atoms with Crippen molar-refractivity contribution in [1.29, 1.82) is 0 Å². The number of rotatable bonds is 14. The third-order valence-electron chi connectivity index (χ3n) is 7.60. The van der Waals surface area contributed by atoms with Gasteiger partial charge < -0.3 is 24.8 Å². The average molecular weight is 623 g/mol. The van der Waals surface area contributed by atoms with Crippen molar-refractivity contribution < 1.29 is 24.2 Å². The molecule has 2 aromatic carbocycles. The molecule has 0 aliphatic carbocycles. The number of aromatic hydroxyl groups is 1. The predicted molar refractivity (Wildman–Crippen MR) is 179 cm³/mol. The number of aryl methyl sites for hydroxylation is 1. The molecule has 44 heavy (non-hydrogen) atoms. The molecule has 7 nitrogen and oxygen atoms in total.